The molecule has 0 aromatic carbocycles. The van der Waals surface area contributed by atoms with Crippen LogP contribution in [0.25, 0.3) is 0 Å². The highest BCUT2D eigenvalue weighted by atomic mass is 16.4. The summed E-state index contributed by atoms with van der Waals surface area (Å²) >= 11 is 0. The van der Waals surface area contributed by atoms with Gasteiger partial charge in [-0.25, -0.2) is 9.78 Å². The first-order chi connectivity index (χ1) is 9.65. The number of nitrogens with zero attached hydrogens (tertiary/aromatic N) is 2. The Morgan fingerprint density at radius 1 is 1.15 bits per heavy atom. The van der Waals surface area contributed by atoms with Crippen LogP contribution in [-0.4, -0.2) is 27.0 Å². The van der Waals surface area contributed by atoms with Crippen molar-refractivity contribution in [3.05, 3.63) is 54.0 Å². The van der Waals surface area contributed by atoms with E-state index < -0.39 is 5.97 Å². The standard InChI is InChI=1S/C14H13N3O3/c18-13(8-7-10-4-1-2-9-15-10)17-12-6-3-5-11(16-12)14(19)20/h1-6,9H,7-8H2,(H,19,20)(H,16,17,18). The van der Waals surface area contributed by atoms with E-state index in [1.54, 1.807) is 12.3 Å². The summed E-state index contributed by atoms with van der Waals surface area (Å²) in [6, 6.07) is 9.96. The number of carbonyl (C=O) groups excluding carboxylic acids is 1. The molecule has 2 heterocycles. The van der Waals surface area contributed by atoms with Gasteiger partial charge in [-0.1, -0.05) is 12.1 Å². The molecule has 0 saturated heterocycles. The van der Waals surface area contributed by atoms with Gasteiger partial charge in [-0.3, -0.25) is 9.78 Å². The molecule has 0 spiro atoms. The number of hydrogen-bond donors (Lipinski definition) is 2. The van der Waals surface area contributed by atoms with Crippen LogP contribution in [0.4, 0.5) is 5.82 Å². The smallest absolute Gasteiger partial charge is 0.354 e. The van der Waals surface area contributed by atoms with E-state index >= 15 is 0 Å². The molecule has 20 heavy (non-hydrogen) atoms. The lowest BCUT2D eigenvalue weighted by molar-refractivity contribution is -0.116. The van der Waals surface area contributed by atoms with E-state index in [9.17, 15) is 9.59 Å². The van der Waals surface area contributed by atoms with E-state index in [2.05, 4.69) is 15.3 Å². The zero-order valence-corrected chi connectivity index (χ0v) is 10.6. The molecular weight excluding hydrogens is 258 g/mol. The minimum atomic E-state index is -1.13. The van der Waals surface area contributed by atoms with Crippen molar-refractivity contribution in [3.63, 3.8) is 0 Å². The summed E-state index contributed by atoms with van der Waals surface area (Å²) in [6.45, 7) is 0. The number of aryl methyl sites for hydroxylation is 1. The van der Waals surface area contributed by atoms with Gasteiger partial charge in [-0.2, -0.15) is 0 Å². The Morgan fingerprint density at radius 2 is 2.00 bits per heavy atom. The number of carboxylic acids is 1. The summed E-state index contributed by atoms with van der Waals surface area (Å²) in [6.07, 6.45) is 2.45. The van der Waals surface area contributed by atoms with E-state index in [1.807, 2.05) is 18.2 Å². The Balaban J connectivity index is 1.91. The molecule has 2 rings (SSSR count). The number of amides is 1. The topological polar surface area (TPSA) is 92.2 Å². The van der Waals surface area contributed by atoms with Gasteiger partial charge < -0.3 is 10.4 Å². The number of aromatic carboxylic acids is 1. The predicted molar refractivity (Wildman–Crippen MR) is 72.4 cm³/mol. The predicted octanol–water partition coefficient (Wildman–Crippen LogP) is 1.75. The number of hydrogen-bond acceptors (Lipinski definition) is 4. The van der Waals surface area contributed by atoms with Crippen LogP contribution in [0.15, 0.2) is 42.6 Å². The van der Waals surface area contributed by atoms with Crippen LogP contribution in [0.1, 0.15) is 22.6 Å². The Bertz CT molecular complexity index is 614. The molecule has 2 aromatic heterocycles. The van der Waals surface area contributed by atoms with Crippen LogP contribution in [0, 0.1) is 0 Å². The lowest BCUT2D eigenvalue weighted by Crippen LogP contribution is -2.14. The molecule has 0 aliphatic rings. The lowest BCUT2D eigenvalue weighted by atomic mass is 10.2. The molecule has 2 N–H and O–H groups in total. The van der Waals surface area contributed by atoms with Gasteiger partial charge >= 0.3 is 5.97 Å². The van der Waals surface area contributed by atoms with E-state index in [0.29, 0.717) is 6.42 Å². The number of carboxylic acid groups (broad SMARTS) is 1. The molecule has 0 bridgehead atoms. The van der Waals surface area contributed by atoms with Crippen molar-refractivity contribution in [3.8, 4) is 0 Å². The second kappa shape index (κ2) is 6.42. The van der Waals surface area contributed by atoms with Gasteiger partial charge in [0.25, 0.3) is 0 Å². The van der Waals surface area contributed by atoms with E-state index in [4.69, 9.17) is 5.11 Å². The number of aromatic nitrogens is 2. The highest BCUT2D eigenvalue weighted by Gasteiger charge is 2.08. The van der Waals surface area contributed by atoms with Gasteiger partial charge in [-0.15, -0.1) is 0 Å². The largest absolute Gasteiger partial charge is 0.477 e. The van der Waals surface area contributed by atoms with Crippen LogP contribution in [0.2, 0.25) is 0 Å². The molecule has 0 saturated carbocycles. The summed E-state index contributed by atoms with van der Waals surface area (Å²) in [4.78, 5) is 30.4. The monoisotopic (exact) mass is 271 g/mol. The second-order valence-electron chi connectivity index (χ2n) is 4.08. The van der Waals surface area contributed by atoms with Gasteiger partial charge in [0.2, 0.25) is 5.91 Å². The van der Waals surface area contributed by atoms with Crippen LogP contribution in [-0.2, 0) is 11.2 Å². The molecule has 102 valence electrons. The summed E-state index contributed by atoms with van der Waals surface area (Å²) in [5.41, 5.74) is 0.724. The Hall–Kier alpha value is -2.76. The third kappa shape index (κ3) is 3.88. The minimum absolute atomic E-state index is 0.104. The number of rotatable bonds is 5. The lowest BCUT2D eigenvalue weighted by Gasteiger charge is -2.05. The number of pyridine rings is 2. The average Bonchev–Trinajstić information content (AvgIpc) is 2.46. The highest BCUT2D eigenvalue weighted by molar-refractivity contribution is 5.91. The maximum atomic E-state index is 11.7. The third-order valence-corrected chi connectivity index (χ3v) is 2.57. The normalized spacial score (nSPS) is 10.0. The zero-order chi connectivity index (χ0) is 14.4. The molecule has 0 atom stereocenters. The van der Waals surface area contributed by atoms with Crippen LogP contribution in [0.3, 0.4) is 0 Å². The number of anilines is 1. The molecule has 2 aromatic rings. The maximum absolute atomic E-state index is 11.7. The third-order valence-electron chi connectivity index (χ3n) is 2.57. The van der Waals surface area contributed by atoms with E-state index in [-0.39, 0.29) is 23.8 Å². The molecule has 0 fully saturated rings. The van der Waals surface area contributed by atoms with E-state index in [0.717, 1.165) is 5.69 Å². The molecule has 0 aliphatic carbocycles. The highest BCUT2D eigenvalue weighted by Crippen LogP contribution is 2.06. The van der Waals surface area contributed by atoms with Crippen molar-refractivity contribution in [2.75, 3.05) is 5.32 Å². The van der Waals surface area contributed by atoms with Crippen LogP contribution < -0.4 is 5.32 Å². The van der Waals surface area contributed by atoms with E-state index in [1.165, 1.54) is 12.1 Å². The Kier molecular flexibility index (Phi) is 4.39. The minimum Gasteiger partial charge on any atom is -0.477 e. The van der Waals surface area contributed by atoms with Gasteiger partial charge in [-0.05, 0) is 30.7 Å². The van der Waals surface area contributed by atoms with Crippen molar-refractivity contribution in [1.82, 2.24) is 9.97 Å². The van der Waals surface area contributed by atoms with Crippen molar-refractivity contribution < 1.29 is 14.7 Å². The number of nitrogens with one attached hydrogen (secondary N) is 1. The van der Waals surface area contributed by atoms with Crippen LogP contribution >= 0.6 is 0 Å². The average molecular weight is 271 g/mol. The Morgan fingerprint density at radius 3 is 2.70 bits per heavy atom. The quantitative estimate of drug-likeness (QED) is 0.864. The summed E-state index contributed by atoms with van der Waals surface area (Å²) in [7, 11) is 0. The van der Waals surface area contributed by atoms with Crippen molar-refractivity contribution in [1.29, 1.82) is 0 Å². The van der Waals surface area contributed by atoms with Gasteiger partial charge in [0, 0.05) is 18.3 Å². The van der Waals surface area contributed by atoms with Crippen molar-refractivity contribution in [2.45, 2.75) is 12.8 Å². The maximum Gasteiger partial charge on any atom is 0.354 e. The molecule has 1 amide bonds. The van der Waals surface area contributed by atoms with Crippen molar-refractivity contribution in [2.24, 2.45) is 0 Å². The molecule has 6 heteroatoms. The second-order valence-corrected chi connectivity index (χ2v) is 4.08. The number of carbonyl (C=O) groups is 2. The first-order valence-electron chi connectivity index (χ1n) is 6.05. The fourth-order valence-electron chi connectivity index (χ4n) is 1.62. The Labute approximate surface area is 115 Å². The van der Waals surface area contributed by atoms with Gasteiger partial charge in [0.05, 0.1) is 0 Å². The van der Waals surface area contributed by atoms with Gasteiger partial charge in [0.15, 0.2) is 5.69 Å². The molecule has 0 radical (unpaired) electrons. The molecule has 0 unspecified atom stereocenters. The summed E-state index contributed by atoms with van der Waals surface area (Å²) < 4.78 is 0. The first kappa shape index (κ1) is 13.7. The SMILES string of the molecule is O=C(CCc1ccccn1)Nc1cccc(C(=O)O)n1. The van der Waals surface area contributed by atoms with Crippen molar-refractivity contribution >= 4 is 17.7 Å². The fourth-order valence-corrected chi connectivity index (χ4v) is 1.62. The molecule has 6 nitrogen and oxygen atoms in total. The molecule has 0 aliphatic heterocycles. The van der Waals surface area contributed by atoms with Crippen LogP contribution in [0.5, 0.6) is 0 Å². The fraction of sp³-hybridized carbons (Fsp3) is 0.143. The summed E-state index contributed by atoms with van der Waals surface area (Å²) in [5, 5.41) is 11.4. The summed E-state index contributed by atoms with van der Waals surface area (Å²) in [5.74, 6) is -1.13. The van der Waals surface area contributed by atoms with Gasteiger partial charge in [0.1, 0.15) is 5.82 Å². The first-order valence-corrected chi connectivity index (χ1v) is 6.05. The molecular formula is C14H13N3O3. The zero-order valence-electron chi connectivity index (χ0n) is 10.6.